The second-order valence-corrected chi connectivity index (χ2v) is 9.60. The highest BCUT2D eigenvalue weighted by Gasteiger charge is 2.32. The van der Waals surface area contributed by atoms with Crippen molar-refractivity contribution in [1.82, 2.24) is 10.3 Å². The van der Waals surface area contributed by atoms with E-state index in [0.717, 1.165) is 41.8 Å². The van der Waals surface area contributed by atoms with Gasteiger partial charge < -0.3 is 25.8 Å². The molecule has 0 spiro atoms. The van der Waals surface area contributed by atoms with Gasteiger partial charge in [-0.05, 0) is 63.5 Å². The Labute approximate surface area is 197 Å². The van der Waals surface area contributed by atoms with Crippen LogP contribution in [0.25, 0.3) is 10.9 Å². The maximum atomic E-state index is 8.72. The first-order valence-corrected chi connectivity index (χ1v) is 12.2. The van der Waals surface area contributed by atoms with Gasteiger partial charge in [-0.2, -0.15) is 0 Å². The number of aromatic nitrogens is 1. The van der Waals surface area contributed by atoms with E-state index < -0.39 is 0 Å². The lowest BCUT2D eigenvalue weighted by molar-refractivity contribution is 0.0534. The molecule has 0 unspecified atom stereocenters. The molecule has 2 atom stereocenters. The van der Waals surface area contributed by atoms with Crippen LogP contribution in [0.5, 0.6) is 0 Å². The van der Waals surface area contributed by atoms with E-state index in [0.29, 0.717) is 23.5 Å². The Bertz CT molecular complexity index is 1040. The van der Waals surface area contributed by atoms with E-state index >= 15 is 0 Å². The summed E-state index contributed by atoms with van der Waals surface area (Å²) in [4.78, 5) is 7.30. The molecular weight excluding hydrogens is 410 g/mol. The zero-order chi connectivity index (χ0) is 23.4. The number of hydrogen-bond donors (Lipinski definition) is 3. The molecule has 3 N–H and O–H groups in total. The average Bonchev–Trinajstić information content (AvgIpc) is 2.82. The van der Waals surface area contributed by atoms with E-state index in [-0.39, 0.29) is 6.10 Å². The Morgan fingerprint density at radius 1 is 1.12 bits per heavy atom. The van der Waals surface area contributed by atoms with Crippen molar-refractivity contribution >= 4 is 28.1 Å². The van der Waals surface area contributed by atoms with Crippen LogP contribution in [0, 0.1) is 17.7 Å². The highest BCUT2D eigenvalue weighted by atomic mass is 16.5. The van der Waals surface area contributed by atoms with Gasteiger partial charge in [0.05, 0.1) is 17.3 Å². The lowest BCUT2D eigenvalue weighted by atomic mass is 9.92. The average molecular weight is 448 g/mol. The predicted molar refractivity (Wildman–Crippen MR) is 137 cm³/mol. The molecule has 1 saturated carbocycles. The number of methoxy groups -OCH3 is 1. The highest BCUT2D eigenvalue weighted by molar-refractivity contribution is 6.13. The molecule has 6 heteroatoms. The number of aryl methyl sites for hydroxylation is 1. The molecule has 2 aromatic rings. The van der Waals surface area contributed by atoms with Crippen molar-refractivity contribution in [2.75, 3.05) is 25.1 Å². The van der Waals surface area contributed by atoms with E-state index in [2.05, 4.69) is 41.4 Å². The molecule has 1 aliphatic heterocycles. The molecule has 4 rings (SSSR count). The van der Waals surface area contributed by atoms with Crippen molar-refractivity contribution in [2.45, 2.75) is 70.6 Å². The second kappa shape index (κ2) is 10.6. The van der Waals surface area contributed by atoms with Gasteiger partial charge >= 0.3 is 0 Å². The largest absolute Gasteiger partial charge is 0.378 e. The van der Waals surface area contributed by atoms with E-state index in [9.17, 15) is 0 Å². The van der Waals surface area contributed by atoms with Crippen LogP contribution in [0.3, 0.4) is 0 Å². The first-order valence-electron chi connectivity index (χ1n) is 12.2. The Hall–Kier alpha value is -2.57. The second-order valence-electron chi connectivity index (χ2n) is 9.60. The molecule has 2 heterocycles. The molecule has 0 amide bonds. The first kappa shape index (κ1) is 23.6. The van der Waals surface area contributed by atoms with Crippen LogP contribution in [-0.4, -0.2) is 54.8 Å². The van der Waals surface area contributed by atoms with Crippen molar-refractivity contribution in [3.8, 4) is 0 Å². The minimum absolute atomic E-state index is 0.0811. The number of ether oxygens (including phenoxy) is 1. The summed E-state index contributed by atoms with van der Waals surface area (Å²) in [6.07, 6.45) is 11.0. The van der Waals surface area contributed by atoms with E-state index in [1.807, 2.05) is 0 Å². The SMILES string of the molecule is CO[C@H]1CN(c2nc3ccc(C)cc3cc2C(=N)C=CC(C)=N)CC[C@H]1NC1CCCCC1. The van der Waals surface area contributed by atoms with Gasteiger partial charge in [0.1, 0.15) is 5.82 Å². The fraction of sp³-hybridized carbons (Fsp3) is 0.519. The fourth-order valence-corrected chi connectivity index (χ4v) is 5.13. The third-order valence-corrected chi connectivity index (χ3v) is 6.96. The summed E-state index contributed by atoms with van der Waals surface area (Å²) in [6, 6.07) is 9.29. The lowest BCUT2D eigenvalue weighted by Gasteiger charge is -2.41. The van der Waals surface area contributed by atoms with E-state index in [4.69, 9.17) is 20.5 Å². The number of nitrogens with one attached hydrogen (secondary N) is 3. The Morgan fingerprint density at radius 3 is 2.64 bits per heavy atom. The van der Waals surface area contributed by atoms with Crippen LogP contribution in [0.1, 0.15) is 56.6 Å². The molecule has 0 bridgehead atoms. The smallest absolute Gasteiger partial charge is 0.138 e. The third kappa shape index (κ3) is 5.68. The van der Waals surface area contributed by atoms with Gasteiger partial charge in [0.15, 0.2) is 0 Å². The monoisotopic (exact) mass is 447 g/mol. The summed E-state index contributed by atoms with van der Waals surface area (Å²) in [5.41, 5.74) is 3.73. The molecule has 1 aromatic carbocycles. The quantitative estimate of drug-likeness (QED) is 0.520. The maximum Gasteiger partial charge on any atom is 0.138 e. The lowest BCUT2D eigenvalue weighted by Crippen LogP contribution is -2.56. The van der Waals surface area contributed by atoms with Gasteiger partial charge in [0.2, 0.25) is 0 Å². The number of allylic oxidation sites excluding steroid dienone is 2. The van der Waals surface area contributed by atoms with E-state index in [1.165, 1.54) is 37.7 Å². The van der Waals surface area contributed by atoms with Crippen LogP contribution in [0.4, 0.5) is 5.82 Å². The van der Waals surface area contributed by atoms with Gasteiger partial charge in [-0.1, -0.05) is 30.9 Å². The van der Waals surface area contributed by atoms with Crippen molar-refractivity contribution in [3.05, 3.63) is 47.5 Å². The summed E-state index contributed by atoms with van der Waals surface area (Å²) in [5, 5.41) is 21.4. The maximum absolute atomic E-state index is 8.72. The van der Waals surface area contributed by atoms with Crippen molar-refractivity contribution in [3.63, 3.8) is 0 Å². The van der Waals surface area contributed by atoms with Crippen LogP contribution < -0.4 is 10.2 Å². The first-order chi connectivity index (χ1) is 15.9. The molecule has 2 aliphatic rings. The standard InChI is InChI=1S/C27H37N5O/c1-18-9-12-24-20(15-18)16-22(23(29)11-10-19(2)28)27(31-24)32-14-13-25(26(17-32)33-3)30-21-7-5-4-6-8-21/h9-12,15-16,21,25-26,28-30H,4-8,13-14,17H2,1-3H3/t25-,26+/m1/s1. The molecular formula is C27H37N5O. The Kier molecular flexibility index (Phi) is 7.56. The Balaban J connectivity index is 1.62. The van der Waals surface area contributed by atoms with Gasteiger partial charge in [-0.15, -0.1) is 0 Å². The summed E-state index contributed by atoms with van der Waals surface area (Å²) < 4.78 is 5.95. The highest BCUT2D eigenvalue weighted by Crippen LogP contribution is 2.29. The minimum atomic E-state index is 0.0811. The van der Waals surface area contributed by atoms with Gasteiger partial charge in [-0.25, -0.2) is 4.98 Å². The van der Waals surface area contributed by atoms with Crippen LogP contribution in [0.15, 0.2) is 36.4 Å². The van der Waals surface area contributed by atoms with Gasteiger partial charge in [0, 0.05) is 48.9 Å². The normalized spacial score (nSPS) is 22.2. The van der Waals surface area contributed by atoms with Crippen molar-refractivity contribution in [1.29, 1.82) is 10.8 Å². The molecule has 0 radical (unpaired) electrons. The van der Waals surface area contributed by atoms with Gasteiger partial charge in [-0.3, -0.25) is 0 Å². The summed E-state index contributed by atoms with van der Waals surface area (Å²) >= 11 is 0. The molecule has 1 aromatic heterocycles. The summed E-state index contributed by atoms with van der Waals surface area (Å²) in [5.74, 6) is 0.835. The Morgan fingerprint density at radius 2 is 1.91 bits per heavy atom. The molecule has 2 fully saturated rings. The number of pyridine rings is 1. The molecule has 176 valence electrons. The predicted octanol–water partition coefficient (Wildman–Crippen LogP) is 5.02. The number of benzene rings is 1. The van der Waals surface area contributed by atoms with Crippen LogP contribution >= 0.6 is 0 Å². The molecule has 33 heavy (non-hydrogen) atoms. The number of nitrogens with zero attached hydrogens (tertiary/aromatic N) is 2. The van der Waals surface area contributed by atoms with Crippen molar-refractivity contribution < 1.29 is 4.74 Å². The van der Waals surface area contributed by atoms with Gasteiger partial charge in [0.25, 0.3) is 0 Å². The summed E-state index contributed by atoms with van der Waals surface area (Å²) in [7, 11) is 1.80. The molecule has 1 aliphatic carbocycles. The topological polar surface area (TPSA) is 85.1 Å². The molecule has 6 nitrogen and oxygen atoms in total. The number of rotatable bonds is 7. The van der Waals surface area contributed by atoms with Crippen LogP contribution in [0.2, 0.25) is 0 Å². The minimum Gasteiger partial charge on any atom is -0.378 e. The number of hydrogen-bond acceptors (Lipinski definition) is 6. The fourth-order valence-electron chi connectivity index (χ4n) is 5.13. The molecule has 1 saturated heterocycles. The van der Waals surface area contributed by atoms with Crippen molar-refractivity contribution in [2.24, 2.45) is 0 Å². The zero-order valence-electron chi connectivity index (χ0n) is 20.2. The number of piperidine rings is 1. The number of anilines is 1. The number of fused-ring (bicyclic) bond motifs is 1. The van der Waals surface area contributed by atoms with E-state index in [1.54, 1.807) is 26.2 Å². The summed E-state index contributed by atoms with van der Waals surface area (Å²) in [6.45, 7) is 5.42. The third-order valence-electron chi connectivity index (χ3n) is 6.96. The van der Waals surface area contributed by atoms with Crippen LogP contribution in [-0.2, 0) is 4.74 Å². The zero-order valence-corrected chi connectivity index (χ0v) is 20.2.